The summed E-state index contributed by atoms with van der Waals surface area (Å²) in [6, 6.07) is 7.60. The van der Waals surface area contributed by atoms with Gasteiger partial charge in [-0.2, -0.15) is 0 Å². The molecule has 16 heavy (non-hydrogen) atoms. The number of ketones is 1. The van der Waals surface area contributed by atoms with E-state index >= 15 is 0 Å². The summed E-state index contributed by atoms with van der Waals surface area (Å²) in [5, 5.41) is 1.93. The number of Topliss-reactive ketones (excluding diaryl/α,β-unsaturated/α-hetero) is 1. The second-order valence-corrected chi connectivity index (χ2v) is 4.39. The first-order valence-corrected chi connectivity index (χ1v) is 5.37. The Morgan fingerprint density at radius 2 is 2.12 bits per heavy atom. The highest BCUT2D eigenvalue weighted by Crippen LogP contribution is 2.36. The van der Waals surface area contributed by atoms with E-state index in [1.54, 1.807) is 12.4 Å². The highest BCUT2D eigenvalue weighted by atomic mass is 16.1. The average Bonchev–Trinajstić information content (AvgIpc) is 3.07. The maximum Gasteiger partial charge on any atom is 0.183 e. The molecular weight excluding hydrogens is 200 g/mol. The Morgan fingerprint density at radius 3 is 2.88 bits per heavy atom. The Hall–Kier alpha value is -1.74. The lowest BCUT2D eigenvalue weighted by Gasteiger charge is -2.09. The second kappa shape index (κ2) is 3.12. The number of carbonyl (C=O) groups is 1. The van der Waals surface area contributed by atoms with Gasteiger partial charge in [-0.3, -0.25) is 9.78 Å². The van der Waals surface area contributed by atoms with Crippen LogP contribution in [0.15, 0.2) is 36.7 Å². The van der Waals surface area contributed by atoms with Crippen molar-refractivity contribution in [2.24, 2.45) is 5.73 Å². The molecule has 0 radical (unpaired) electrons. The fraction of sp³-hybridized carbons (Fsp3) is 0.231. The summed E-state index contributed by atoms with van der Waals surface area (Å²) >= 11 is 0. The summed E-state index contributed by atoms with van der Waals surface area (Å²) in [6.07, 6.45) is 5.05. The fourth-order valence-corrected chi connectivity index (χ4v) is 1.94. The minimum atomic E-state index is -0.607. The molecule has 2 N–H and O–H groups in total. The van der Waals surface area contributed by atoms with E-state index in [0.717, 1.165) is 23.6 Å². The van der Waals surface area contributed by atoms with Crippen molar-refractivity contribution in [2.75, 3.05) is 0 Å². The fourth-order valence-electron chi connectivity index (χ4n) is 1.94. The van der Waals surface area contributed by atoms with E-state index in [9.17, 15) is 4.79 Å². The molecular formula is C13H12N2O. The quantitative estimate of drug-likeness (QED) is 0.773. The van der Waals surface area contributed by atoms with Crippen molar-refractivity contribution in [1.29, 1.82) is 0 Å². The normalized spacial score (nSPS) is 17.3. The van der Waals surface area contributed by atoms with E-state index in [2.05, 4.69) is 4.98 Å². The second-order valence-electron chi connectivity index (χ2n) is 4.39. The van der Waals surface area contributed by atoms with Gasteiger partial charge in [0.25, 0.3) is 0 Å². The van der Waals surface area contributed by atoms with Crippen molar-refractivity contribution >= 4 is 16.6 Å². The van der Waals surface area contributed by atoms with Crippen molar-refractivity contribution in [2.45, 2.75) is 18.4 Å². The number of pyridine rings is 1. The molecule has 0 unspecified atom stereocenters. The van der Waals surface area contributed by atoms with E-state index < -0.39 is 5.54 Å². The summed E-state index contributed by atoms with van der Waals surface area (Å²) < 4.78 is 0. The molecule has 3 rings (SSSR count). The molecule has 1 heterocycles. The van der Waals surface area contributed by atoms with Gasteiger partial charge in [0.1, 0.15) is 0 Å². The van der Waals surface area contributed by atoms with Crippen molar-refractivity contribution in [1.82, 2.24) is 4.98 Å². The highest BCUT2D eigenvalue weighted by Gasteiger charge is 2.46. The van der Waals surface area contributed by atoms with Crippen LogP contribution in [0.3, 0.4) is 0 Å². The third kappa shape index (κ3) is 1.32. The lowest BCUT2D eigenvalue weighted by atomic mass is 9.98. The zero-order chi connectivity index (χ0) is 11.2. The monoisotopic (exact) mass is 212 g/mol. The summed E-state index contributed by atoms with van der Waals surface area (Å²) in [5.41, 5.74) is 6.04. The van der Waals surface area contributed by atoms with Gasteiger partial charge in [0, 0.05) is 23.3 Å². The average molecular weight is 212 g/mol. The number of carbonyl (C=O) groups excluding carboxylic acids is 1. The minimum Gasteiger partial charge on any atom is -0.319 e. The number of rotatable bonds is 2. The van der Waals surface area contributed by atoms with Gasteiger partial charge < -0.3 is 5.73 Å². The molecule has 1 aliphatic rings. The first kappa shape index (κ1) is 9.48. The van der Waals surface area contributed by atoms with Gasteiger partial charge in [-0.05, 0) is 24.3 Å². The lowest BCUT2D eigenvalue weighted by molar-refractivity contribution is 0.0951. The van der Waals surface area contributed by atoms with Crippen LogP contribution in [0.4, 0.5) is 0 Å². The number of nitrogens with two attached hydrogens (primary N) is 1. The number of hydrogen-bond donors (Lipinski definition) is 1. The van der Waals surface area contributed by atoms with Crippen LogP contribution in [-0.2, 0) is 0 Å². The van der Waals surface area contributed by atoms with Crippen LogP contribution < -0.4 is 5.73 Å². The Morgan fingerprint density at radius 1 is 1.31 bits per heavy atom. The van der Waals surface area contributed by atoms with Crippen LogP contribution in [0, 0.1) is 0 Å². The standard InChI is InChI=1S/C13H12N2O/c14-13(5-6-13)12(16)10-3-1-2-9-4-7-15-8-11(9)10/h1-4,7-8H,5-6,14H2. The van der Waals surface area contributed by atoms with Gasteiger partial charge in [-0.15, -0.1) is 0 Å². The van der Waals surface area contributed by atoms with Crippen molar-refractivity contribution in [3.05, 3.63) is 42.2 Å². The molecule has 3 heteroatoms. The Labute approximate surface area is 93.3 Å². The van der Waals surface area contributed by atoms with E-state index in [4.69, 9.17) is 5.73 Å². The van der Waals surface area contributed by atoms with Crippen molar-refractivity contribution in [3.8, 4) is 0 Å². The molecule has 0 aliphatic heterocycles. The zero-order valence-corrected chi connectivity index (χ0v) is 8.81. The molecule has 1 saturated carbocycles. The van der Waals surface area contributed by atoms with Crippen molar-refractivity contribution < 1.29 is 4.79 Å². The first-order valence-electron chi connectivity index (χ1n) is 5.37. The summed E-state index contributed by atoms with van der Waals surface area (Å²) in [5.74, 6) is 0.0473. The van der Waals surface area contributed by atoms with E-state index in [1.165, 1.54) is 0 Å². The van der Waals surface area contributed by atoms with Crippen LogP contribution in [0.2, 0.25) is 0 Å². The van der Waals surface area contributed by atoms with Gasteiger partial charge in [0.05, 0.1) is 5.54 Å². The minimum absolute atomic E-state index is 0.0473. The maximum absolute atomic E-state index is 12.2. The molecule has 3 nitrogen and oxygen atoms in total. The van der Waals surface area contributed by atoms with Gasteiger partial charge in [0.15, 0.2) is 5.78 Å². The number of nitrogens with zero attached hydrogens (tertiary/aromatic N) is 1. The smallest absolute Gasteiger partial charge is 0.183 e. The van der Waals surface area contributed by atoms with E-state index in [-0.39, 0.29) is 5.78 Å². The Balaban J connectivity index is 2.20. The van der Waals surface area contributed by atoms with Gasteiger partial charge in [0.2, 0.25) is 0 Å². The SMILES string of the molecule is NC1(C(=O)c2cccc3ccncc23)CC1. The van der Waals surface area contributed by atoms with Crippen molar-refractivity contribution in [3.63, 3.8) is 0 Å². The van der Waals surface area contributed by atoms with Gasteiger partial charge in [-0.25, -0.2) is 0 Å². The predicted octanol–water partition coefficient (Wildman–Crippen LogP) is 1.91. The number of aromatic nitrogens is 1. The zero-order valence-electron chi connectivity index (χ0n) is 8.81. The number of fused-ring (bicyclic) bond motifs is 1. The molecule has 1 aromatic carbocycles. The molecule has 1 aromatic heterocycles. The first-order chi connectivity index (χ1) is 7.71. The van der Waals surface area contributed by atoms with E-state index in [1.807, 2.05) is 24.3 Å². The topological polar surface area (TPSA) is 56.0 Å². The third-order valence-electron chi connectivity index (χ3n) is 3.17. The molecule has 1 fully saturated rings. The van der Waals surface area contributed by atoms with Gasteiger partial charge >= 0.3 is 0 Å². The molecule has 0 amide bonds. The molecule has 2 aromatic rings. The highest BCUT2D eigenvalue weighted by molar-refractivity contribution is 6.13. The molecule has 80 valence electrons. The maximum atomic E-state index is 12.2. The number of hydrogen-bond acceptors (Lipinski definition) is 3. The van der Waals surface area contributed by atoms with Crippen LogP contribution in [0.1, 0.15) is 23.2 Å². The molecule has 0 spiro atoms. The Bertz CT molecular complexity index is 568. The van der Waals surface area contributed by atoms with Crippen LogP contribution in [0.25, 0.3) is 10.8 Å². The summed E-state index contributed by atoms with van der Waals surface area (Å²) in [6.45, 7) is 0. The summed E-state index contributed by atoms with van der Waals surface area (Å²) in [7, 11) is 0. The lowest BCUT2D eigenvalue weighted by Crippen LogP contribution is -2.32. The van der Waals surface area contributed by atoms with Crippen LogP contribution in [0.5, 0.6) is 0 Å². The molecule has 0 bridgehead atoms. The molecule has 1 aliphatic carbocycles. The predicted molar refractivity (Wildman–Crippen MR) is 62.2 cm³/mol. The molecule has 0 saturated heterocycles. The van der Waals surface area contributed by atoms with Crippen LogP contribution >= 0.6 is 0 Å². The third-order valence-corrected chi connectivity index (χ3v) is 3.17. The molecule has 0 atom stereocenters. The summed E-state index contributed by atoms with van der Waals surface area (Å²) in [4.78, 5) is 16.3. The van der Waals surface area contributed by atoms with Gasteiger partial charge in [-0.1, -0.05) is 18.2 Å². The Kier molecular flexibility index (Phi) is 1.85. The largest absolute Gasteiger partial charge is 0.319 e. The van der Waals surface area contributed by atoms with E-state index in [0.29, 0.717) is 5.56 Å². The van der Waals surface area contributed by atoms with Crippen LogP contribution in [-0.4, -0.2) is 16.3 Å². The number of benzene rings is 1.